The second kappa shape index (κ2) is 7.11. The molecule has 1 aliphatic carbocycles. The average Bonchev–Trinajstić information content (AvgIpc) is 2.94. The SMILES string of the molecule is C[C@@H]1CCCC[C@@H]1NC(=S)N=Nc1c(O)[nH]c2cc3c(cc12)OCCO3. The predicted molar refractivity (Wildman–Crippen MR) is 103 cm³/mol. The lowest BCUT2D eigenvalue weighted by atomic mass is 9.86. The van der Waals surface area contributed by atoms with Gasteiger partial charge in [0.2, 0.25) is 11.0 Å². The fourth-order valence-corrected chi connectivity index (χ4v) is 3.81. The Hall–Kier alpha value is -2.35. The third kappa shape index (κ3) is 3.33. The second-order valence-corrected chi connectivity index (χ2v) is 7.27. The van der Waals surface area contributed by atoms with Crippen LogP contribution in [0.4, 0.5) is 5.69 Å². The third-order valence-corrected chi connectivity index (χ3v) is 5.28. The summed E-state index contributed by atoms with van der Waals surface area (Å²) in [5, 5.41) is 22.8. The quantitative estimate of drug-likeness (QED) is 0.542. The van der Waals surface area contributed by atoms with E-state index in [2.05, 4.69) is 27.5 Å². The van der Waals surface area contributed by atoms with Crippen LogP contribution in [-0.2, 0) is 0 Å². The molecule has 1 aliphatic heterocycles. The van der Waals surface area contributed by atoms with Crippen molar-refractivity contribution in [3.8, 4) is 17.4 Å². The van der Waals surface area contributed by atoms with Crippen LogP contribution < -0.4 is 14.8 Å². The number of hydrogen-bond acceptors (Lipinski definition) is 5. The summed E-state index contributed by atoms with van der Waals surface area (Å²) in [6.45, 7) is 3.24. The normalized spacial score (nSPS) is 22.7. The van der Waals surface area contributed by atoms with E-state index in [1.807, 2.05) is 0 Å². The number of azo groups is 1. The third-order valence-electron chi connectivity index (χ3n) is 5.08. The minimum Gasteiger partial charge on any atom is -0.493 e. The fourth-order valence-electron chi connectivity index (χ4n) is 3.62. The van der Waals surface area contributed by atoms with Crippen molar-refractivity contribution < 1.29 is 14.6 Å². The van der Waals surface area contributed by atoms with Gasteiger partial charge in [-0.3, -0.25) is 0 Å². The molecule has 1 fully saturated rings. The van der Waals surface area contributed by atoms with Crippen LogP contribution in [0.5, 0.6) is 17.4 Å². The van der Waals surface area contributed by atoms with Crippen molar-refractivity contribution in [2.24, 2.45) is 16.1 Å². The Balaban J connectivity index is 1.55. The molecule has 8 heteroatoms. The van der Waals surface area contributed by atoms with Gasteiger partial charge in [0.15, 0.2) is 17.2 Å². The zero-order valence-corrected chi connectivity index (χ0v) is 15.4. The van der Waals surface area contributed by atoms with E-state index < -0.39 is 0 Å². The van der Waals surface area contributed by atoms with Crippen molar-refractivity contribution in [2.45, 2.75) is 38.6 Å². The lowest BCUT2D eigenvalue weighted by Crippen LogP contribution is -2.39. The summed E-state index contributed by atoms with van der Waals surface area (Å²) in [7, 11) is 0. The molecule has 7 nitrogen and oxygen atoms in total. The van der Waals surface area contributed by atoms with Gasteiger partial charge in [-0.15, -0.1) is 10.2 Å². The van der Waals surface area contributed by atoms with Crippen LogP contribution in [0.25, 0.3) is 10.9 Å². The zero-order valence-electron chi connectivity index (χ0n) is 14.6. The molecule has 26 heavy (non-hydrogen) atoms. The number of hydrogen-bond donors (Lipinski definition) is 3. The number of H-pyrrole nitrogens is 1. The summed E-state index contributed by atoms with van der Waals surface area (Å²) in [4.78, 5) is 2.89. The average molecular weight is 374 g/mol. The largest absolute Gasteiger partial charge is 0.493 e. The van der Waals surface area contributed by atoms with Crippen molar-refractivity contribution in [3.63, 3.8) is 0 Å². The van der Waals surface area contributed by atoms with Crippen molar-refractivity contribution in [3.05, 3.63) is 12.1 Å². The van der Waals surface area contributed by atoms with Gasteiger partial charge in [0.05, 0.1) is 5.52 Å². The molecule has 4 rings (SSSR count). The highest BCUT2D eigenvalue weighted by molar-refractivity contribution is 7.80. The molecular formula is C18H22N4O3S. The van der Waals surface area contributed by atoms with Gasteiger partial charge in [0.1, 0.15) is 13.2 Å². The number of rotatable bonds is 2. The Morgan fingerprint density at radius 2 is 1.96 bits per heavy atom. The fraction of sp³-hybridized carbons (Fsp3) is 0.500. The van der Waals surface area contributed by atoms with Gasteiger partial charge in [-0.25, -0.2) is 0 Å². The Morgan fingerprint density at radius 3 is 2.73 bits per heavy atom. The number of ether oxygens (including phenoxy) is 2. The van der Waals surface area contributed by atoms with Crippen molar-refractivity contribution in [1.82, 2.24) is 10.3 Å². The molecule has 0 spiro atoms. The summed E-state index contributed by atoms with van der Waals surface area (Å²) >= 11 is 5.32. The lowest BCUT2D eigenvalue weighted by molar-refractivity contribution is 0.172. The summed E-state index contributed by atoms with van der Waals surface area (Å²) in [6, 6.07) is 3.93. The summed E-state index contributed by atoms with van der Waals surface area (Å²) in [6.07, 6.45) is 4.78. The van der Waals surface area contributed by atoms with E-state index in [9.17, 15) is 5.11 Å². The van der Waals surface area contributed by atoms with Gasteiger partial charge in [-0.05, 0) is 37.0 Å². The Labute approximate surface area is 156 Å². The summed E-state index contributed by atoms with van der Waals surface area (Å²) < 4.78 is 11.2. The van der Waals surface area contributed by atoms with Crippen LogP contribution in [0.15, 0.2) is 22.4 Å². The van der Waals surface area contributed by atoms with Gasteiger partial charge in [-0.1, -0.05) is 19.8 Å². The number of aromatic amines is 1. The molecule has 2 aromatic rings. The van der Waals surface area contributed by atoms with Crippen molar-refractivity contribution in [2.75, 3.05) is 13.2 Å². The summed E-state index contributed by atoms with van der Waals surface area (Å²) in [5.74, 6) is 1.80. The minimum atomic E-state index is -0.0556. The Bertz CT molecular complexity index is 864. The number of benzene rings is 1. The number of thiocarbonyl (C=S) groups is 1. The van der Waals surface area contributed by atoms with Crippen LogP contribution in [0, 0.1) is 5.92 Å². The molecule has 2 heterocycles. The van der Waals surface area contributed by atoms with Crippen LogP contribution in [0.3, 0.4) is 0 Å². The minimum absolute atomic E-state index is 0.0556. The second-order valence-electron chi connectivity index (χ2n) is 6.88. The Kier molecular flexibility index (Phi) is 4.67. The molecule has 0 unspecified atom stereocenters. The van der Waals surface area contributed by atoms with E-state index >= 15 is 0 Å². The summed E-state index contributed by atoms with van der Waals surface area (Å²) in [5.41, 5.74) is 1.05. The van der Waals surface area contributed by atoms with E-state index in [1.54, 1.807) is 12.1 Å². The highest BCUT2D eigenvalue weighted by Crippen LogP contribution is 2.42. The maximum atomic E-state index is 10.2. The number of fused-ring (bicyclic) bond motifs is 2. The number of nitrogens with one attached hydrogen (secondary N) is 2. The van der Waals surface area contributed by atoms with Gasteiger partial charge in [0.25, 0.3) is 0 Å². The first kappa shape index (κ1) is 17.1. The van der Waals surface area contributed by atoms with E-state index in [1.165, 1.54) is 19.3 Å². The molecule has 1 saturated carbocycles. The molecule has 0 bridgehead atoms. The van der Waals surface area contributed by atoms with Gasteiger partial charge < -0.3 is 24.9 Å². The molecule has 3 N–H and O–H groups in total. The topological polar surface area (TPSA) is 91.2 Å². The molecule has 0 amide bonds. The lowest BCUT2D eigenvalue weighted by Gasteiger charge is -2.29. The highest BCUT2D eigenvalue weighted by Gasteiger charge is 2.22. The first-order chi connectivity index (χ1) is 12.6. The van der Waals surface area contributed by atoms with E-state index in [-0.39, 0.29) is 5.88 Å². The van der Waals surface area contributed by atoms with E-state index in [4.69, 9.17) is 21.7 Å². The molecule has 1 aromatic carbocycles. The smallest absolute Gasteiger partial charge is 0.218 e. The molecule has 1 aromatic heterocycles. The maximum Gasteiger partial charge on any atom is 0.218 e. The van der Waals surface area contributed by atoms with Crippen molar-refractivity contribution >= 4 is 33.9 Å². The highest BCUT2D eigenvalue weighted by atomic mass is 32.1. The molecule has 2 aliphatic rings. The number of aromatic nitrogens is 1. The Morgan fingerprint density at radius 1 is 1.23 bits per heavy atom. The first-order valence-corrected chi connectivity index (χ1v) is 9.39. The molecule has 138 valence electrons. The molecular weight excluding hydrogens is 352 g/mol. The standard InChI is InChI=1S/C18H22N4O3S/c1-10-4-2-3-5-12(10)20-18(26)22-21-16-11-8-14-15(25-7-6-24-14)9-13(11)19-17(16)23/h8-10,12,19,23H,2-7H2,1H3,(H,20,26)/t10-,12+/m1/s1. The first-order valence-electron chi connectivity index (χ1n) is 8.98. The van der Waals surface area contributed by atoms with Gasteiger partial charge in [-0.2, -0.15) is 0 Å². The maximum absolute atomic E-state index is 10.2. The van der Waals surface area contributed by atoms with E-state index in [0.717, 1.165) is 6.42 Å². The monoisotopic (exact) mass is 374 g/mol. The van der Waals surface area contributed by atoms with E-state index in [0.29, 0.717) is 58.4 Å². The molecule has 0 saturated heterocycles. The van der Waals surface area contributed by atoms with Crippen LogP contribution in [0.1, 0.15) is 32.6 Å². The van der Waals surface area contributed by atoms with Crippen LogP contribution in [0.2, 0.25) is 0 Å². The van der Waals surface area contributed by atoms with Crippen LogP contribution >= 0.6 is 12.2 Å². The van der Waals surface area contributed by atoms with Gasteiger partial charge >= 0.3 is 0 Å². The number of aromatic hydroxyl groups is 1. The van der Waals surface area contributed by atoms with Crippen molar-refractivity contribution in [1.29, 1.82) is 0 Å². The molecule has 0 radical (unpaired) electrons. The molecule has 2 atom stereocenters. The predicted octanol–water partition coefficient (Wildman–Crippen LogP) is 4.18. The van der Waals surface area contributed by atoms with Crippen LogP contribution in [-0.4, -0.2) is 34.5 Å². The van der Waals surface area contributed by atoms with Gasteiger partial charge in [0, 0.05) is 17.5 Å². The number of nitrogens with zero attached hydrogens (tertiary/aromatic N) is 2. The zero-order chi connectivity index (χ0) is 18.1.